The quantitative estimate of drug-likeness (QED) is 0.414. The van der Waals surface area contributed by atoms with Crippen LogP contribution in [0.4, 0.5) is 0 Å². The number of para-hydroxylation sites is 1. The van der Waals surface area contributed by atoms with Crippen LogP contribution in [0.3, 0.4) is 0 Å². The fourth-order valence-corrected chi connectivity index (χ4v) is 5.30. The summed E-state index contributed by atoms with van der Waals surface area (Å²) >= 11 is 0. The molecule has 32 heavy (non-hydrogen) atoms. The van der Waals surface area contributed by atoms with E-state index in [1.165, 1.54) is 51.6 Å². The summed E-state index contributed by atoms with van der Waals surface area (Å²) in [7, 11) is 0. The molecule has 1 saturated heterocycles. The first kappa shape index (κ1) is 23.1. The number of aromatic nitrogens is 1. The van der Waals surface area contributed by atoms with Crippen molar-refractivity contribution in [2.45, 2.75) is 70.3 Å². The van der Waals surface area contributed by atoms with Crippen LogP contribution in [0.5, 0.6) is 5.75 Å². The Hall–Kier alpha value is -2.11. The van der Waals surface area contributed by atoms with Crippen LogP contribution in [0.25, 0.3) is 10.9 Å². The van der Waals surface area contributed by atoms with Crippen LogP contribution in [-0.4, -0.2) is 42.2 Å². The number of rotatable bonds is 10. The lowest BCUT2D eigenvalue weighted by atomic mass is 9.98. The van der Waals surface area contributed by atoms with Gasteiger partial charge < -0.3 is 20.4 Å². The van der Waals surface area contributed by atoms with Gasteiger partial charge in [0.05, 0.1) is 17.7 Å². The van der Waals surface area contributed by atoms with E-state index in [0.717, 1.165) is 48.0 Å². The molecule has 1 aliphatic heterocycles. The molecule has 0 spiro atoms. The number of nitrogens with zero attached hydrogens (tertiary/aromatic N) is 1. The fraction of sp³-hybridized carbons (Fsp3) is 0.593. The molecule has 0 radical (unpaired) electrons. The van der Waals surface area contributed by atoms with Crippen molar-refractivity contribution in [1.82, 2.24) is 9.88 Å². The normalized spacial score (nSPS) is 22.2. The Labute approximate surface area is 192 Å². The monoisotopic (exact) mass is 437 g/mol. The van der Waals surface area contributed by atoms with Crippen molar-refractivity contribution in [1.29, 1.82) is 0 Å². The zero-order chi connectivity index (χ0) is 22.2. The highest BCUT2D eigenvalue weighted by Gasteiger charge is 2.22. The molecule has 2 aromatic rings. The topological polar surface area (TPSA) is 71.3 Å². The second kappa shape index (κ2) is 11.7. The summed E-state index contributed by atoms with van der Waals surface area (Å²) in [5.41, 5.74) is 7.72. The molecule has 2 aliphatic rings. The van der Waals surface area contributed by atoms with E-state index in [1.54, 1.807) is 0 Å². The molecule has 0 bridgehead atoms. The molecular formula is C27H39N3O2. The molecule has 3 N–H and O–H groups in total. The van der Waals surface area contributed by atoms with Gasteiger partial charge in [0.1, 0.15) is 5.75 Å². The SMILES string of the molecule is N[C@@H]1CCCC1CC/C=C/Cc1c(OCCCN2CCCCC2)c2ccccc2[nH]c1=O. The number of allylic oxidation sites excluding steroid dienone is 2. The molecule has 2 atom stereocenters. The number of fused-ring (bicyclic) bond motifs is 1. The van der Waals surface area contributed by atoms with E-state index in [-0.39, 0.29) is 5.56 Å². The summed E-state index contributed by atoms with van der Waals surface area (Å²) in [6, 6.07) is 8.32. The average molecular weight is 438 g/mol. The first-order chi connectivity index (χ1) is 15.7. The molecule has 2 fully saturated rings. The summed E-state index contributed by atoms with van der Waals surface area (Å²) in [4.78, 5) is 18.4. The van der Waals surface area contributed by atoms with E-state index in [1.807, 2.05) is 24.3 Å². The van der Waals surface area contributed by atoms with Crippen LogP contribution >= 0.6 is 0 Å². The number of aromatic amines is 1. The van der Waals surface area contributed by atoms with Crippen LogP contribution in [0.2, 0.25) is 0 Å². The van der Waals surface area contributed by atoms with Crippen LogP contribution in [0.1, 0.15) is 63.4 Å². The van der Waals surface area contributed by atoms with Crippen LogP contribution < -0.4 is 16.0 Å². The lowest BCUT2D eigenvalue weighted by Crippen LogP contribution is -2.31. The summed E-state index contributed by atoms with van der Waals surface area (Å²) in [6.07, 6.45) is 15.7. The number of nitrogens with two attached hydrogens (primary N) is 1. The standard InChI is InChI=1S/C27H39N3O2/c28-24-15-9-12-21(24)11-3-1-4-14-23-26(22-13-5-6-16-25(22)29-27(23)31)32-20-10-19-30-17-7-2-8-18-30/h1,4-6,13,16,21,24H,2-3,7-12,14-15,17-20,28H2,(H,29,31)/b4-1+/t21?,24-/m1/s1. The molecule has 1 aromatic carbocycles. The summed E-state index contributed by atoms with van der Waals surface area (Å²) in [6.45, 7) is 4.12. The second-order valence-corrected chi connectivity index (χ2v) is 9.52. The van der Waals surface area contributed by atoms with E-state index >= 15 is 0 Å². The minimum absolute atomic E-state index is 0.0443. The van der Waals surface area contributed by atoms with E-state index in [2.05, 4.69) is 22.0 Å². The molecule has 0 amide bonds. The van der Waals surface area contributed by atoms with Gasteiger partial charge in [-0.3, -0.25) is 4.79 Å². The van der Waals surface area contributed by atoms with Crippen molar-refractivity contribution < 1.29 is 4.74 Å². The molecular weight excluding hydrogens is 398 g/mol. The third kappa shape index (κ3) is 6.02. The first-order valence-corrected chi connectivity index (χ1v) is 12.6. The number of likely N-dealkylation sites (tertiary alicyclic amines) is 1. The van der Waals surface area contributed by atoms with Crippen LogP contribution in [0, 0.1) is 5.92 Å². The smallest absolute Gasteiger partial charge is 0.255 e. The van der Waals surface area contributed by atoms with Crippen molar-refractivity contribution in [3.63, 3.8) is 0 Å². The summed E-state index contributed by atoms with van der Waals surface area (Å²) < 4.78 is 6.28. The maximum absolute atomic E-state index is 12.9. The van der Waals surface area contributed by atoms with E-state index in [0.29, 0.717) is 25.0 Å². The molecule has 4 rings (SSSR count). The minimum Gasteiger partial charge on any atom is -0.492 e. The number of hydrogen-bond acceptors (Lipinski definition) is 4. The van der Waals surface area contributed by atoms with Crippen molar-refractivity contribution in [3.8, 4) is 5.75 Å². The Morgan fingerprint density at radius 3 is 2.75 bits per heavy atom. The second-order valence-electron chi connectivity index (χ2n) is 9.52. The van der Waals surface area contributed by atoms with Gasteiger partial charge >= 0.3 is 0 Å². The zero-order valence-corrected chi connectivity index (χ0v) is 19.4. The molecule has 1 saturated carbocycles. The molecule has 1 aliphatic carbocycles. The molecule has 5 heteroatoms. The third-order valence-corrected chi connectivity index (χ3v) is 7.19. The molecule has 1 aromatic heterocycles. The number of pyridine rings is 1. The van der Waals surface area contributed by atoms with Crippen molar-refractivity contribution >= 4 is 10.9 Å². The van der Waals surface area contributed by atoms with E-state index < -0.39 is 0 Å². The highest BCUT2D eigenvalue weighted by molar-refractivity contribution is 5.86. The van der Waals surface area contributed by atoms with Gasteiger partial charge in [-0.2, -0.15) is 0 Å². The van der Waals surface area contributed by atoms with Crippen molar-refractivity contribution in [2.24, 2.45) is 11.7 Å². The maximum Gasteiger partial charge on any atom is 0.255 e. The summed E-state index contributed by atoms with van der Waals surface area (Å²) in [5, 5.41) is 0.991. The van der Waals surface area contributed by atoms with Gasteiger partial charge in [-0.15, -0.1) is 0 Å². The lowest BCUT2D eigenvalue weighted by molar-refractivity contribution is 0.205. The highest BCUT2D eigenvalue weighted by Crippen LogP contribution is 2.29. The Morgan fingerprint density at radius 1 is 1.09 bits per heavy atom. The number of ether oxygens (including phenoxy) is 1. The van der Waals surface area contributed by atoms with E-state index in [4.69, 9.17) is 10.5 Å². The number of benzene rings is 1. The zero-order valence-electron chi connectivity index (χ0n) is 19.4. The Balaban J connectivity index is 1.39. The number of hydrogen-bond donors (Lipinski definition) is 2. The van der Waals surface area contributed by atoms with Crippen molar-refractivity contribution in [3.05, 3.63) is 52.3 Å². The Bertz CT molecular complexity index is 946. The number of H-pyrrole nitrogens is 1. The predicted molar refractivity (Wildman–Crippen MR) is 132 cm³/mol. The average Bonchev–Trinajstić information content (AvgIpc) is 3.22. The van der Waals surface area contributed by atoms with E-state index in [9.17, 15) is 4.79 Å². The Kier molecular flexibility index (Phi) is 8.41. The summed E-state index contributed by atoms with van der Waals surface area (Å²) in [5.74, 6) is 1.41. The van der Waals surface area contributed by atoms with Gasteiger partial charge in [-0.05, 0) is 82.5 Å². The Morgan fingerprint density at radius 2 is 1.94 bits per heavy atom. The number of piperidine rings is 1. The van der Waals surface area contributed by atoms with Gasteiger partial charge in [0.2, 0.25) is 0 Å². The fourth-order valence-electron chi connectivity index (χ4n) is 5.30. The molecule has 2 heterocycles. The van der Waals surface area contributed by atoms with Gasteiger partial charge in [0.15, 0.2) is 0 Å². The van der Waals surface area contributed by atoms with Crippen LogP contribution in [-0.2, 0) is 6.42 Å². The first-order valence-electron chi connectivity index (χ1n) is 12.6. The molecule has 174 valence electrons. The van der Waals surface area contributed by atoms with Gasteiger partial charge in [-0.1, -0.05) is 37.1 Å². The maximum atomic E-state index is 12.9. The predicted octanol–water partition coefficient (Wildman–Crippen LogP) is 4.79. The number of nitrogens with one attached hydrogen (secondary N) is 1. The van der Waals surface area contributed by atoms with Crippen LogP contribution in [0.15, 0.2) is 41.2 Å². The largest absolute Gasteiger partial charge is 0.492 e. The van der Waals surface area contributed by atoms with Gasteiger partial charge in [0, 0.05) is 18.0 Å². The highest BCUT2D eigenvalue weighted by atomic mass is 16.5. The van der Waals surface area contributed by atoms with Gasteiger partial charge in [-0.25, -0.2) is 0 Å². The molecule has 1 unspecified atom stereocenters. The lowest BCUT2D eigenvalue weighted by Gasteiger charge is -2.26. The minimum atomic E-state index is -0.0443. The van der Waals surface area contributed by atoms with Crippen molar-refractivity contribution in [2.75, 3.05) is 26.2 Å². The molecule has 5 nitrogen and oxygen atoms in total. The van der Waals surface area contributed by atoms with Gasteiger partial charge in [0.25, 0.3) is 5.56 Å². The third-order valence-electron chi connectivity index (χ3n) is 7.19.